The van der Waals surface area contributed by atoms with Crippen LogP contribution in [0.25, 0.3) is 0 Å². The lowest BCUT2D eigenvalue weighted by Gasteiger charge is -2.16. The minimum Gasteiger partial charge on any atom is -0.327 e. The summed E-state index contributed by atoms with van der Waals surface area (Å²) in [5, 5.41) is 0. The maximum atomic E-state index is 13.6. The summed E-state index contributed by atoms with van der Waals surface area (Å²) >= 11 is 0. The fourth-order valence-corrected chi connectivity index (χ4v) is 2.48. The van der Waals surface area contributed by atoms with E-state index in [4.69, 9.17) is 5.73 Å². The van der Waals surface area contributed by atoms with Crippen molar-refractivity contribution in [2.45, 2.75) is 32.7 Å². The van der Waals surface area contributed by atoms with Crippen molar-refractivity contribution < 1.29 is 8.78 Å². The van der Waals surface area contributed by atoms with Gasteiger partial charge in [-0.05, 0) is 55.0 Å². The molecule has 0 spiro atoms. The van der Waals surface area contributed by atoms with Gasteiger partial charge in [-0.25, -0.2) is 8.78 Å². The summed E-state index contributed by atoms with van der Waals surface area (Å²) in [6, 6.07) is 9.57. The molecule has 1 atom stereocenters. The Balaban J connectivity index is 2.11. The Hall–Kier alpha value is -1.74. The van der Waals surface area contributed by atoms with Crippen LogP contribution < -0.4 is 5.73 Å². The Morgan fingerprint density at radius 1 is 1.00 bits per heavy atom. The Kier molecular flexibility index (Phi) is 4.50. The predicted molar refractivity (Wildman–Crippen MR) is 77.7 cm³/mol. The average molecular weight is 275 g/mol. The first-order valence-electron chi connectivity index (χ1n) is 6.72. The molecule has 1 nitrogen and oxygen atoms in total. The van der Waals surface area contributed by atoms with Crippen molar-refractivity contribution >= 4 is 0 Å². The highest BCUT2D eigenvalue weighted by Crippen LogP contribution is 2.17. The summed E-state index contributed by atoms with van der Waals surface area (Å²) in [6.45, 7) is 4.10. The number of benzene rings is 2. The number of nitrogens with two attached hydrogens (primary N) is 1. The van der Waals surface area contributed by atoms with Crippen LogP contribution in [0.5, 0.6) is 0 Å². The molecule has 0 aliphatic carbocycles. The Labute approximate surface area is 118 Å². The van der Waals surface area contributed by atoms with Gasteiger partial charge in [0.15, 0.2) is 0 Å². The highest BCUT2D eigenvalue weighted by molar-refractivity contribution is 5.34. The molecular weight excluding hydrogens is 256 g/mol. The summed E-state index contributed by atoms with van der Waals surface area (Å²) in [7, 11) is 0. The van der Waals surface area contributed by atoms with Gasteiger partial charge in [0, 0.05) is 12.1 Å². The van der Waals surface area contributed by atoms with E-state index in [1.807, 2.05) is 32.0 Å². The van der Waals surface area contributed by atoms with E-state index < -0.39 is 11.6 Å². The third kappa shape index (κ3) is 3.42. The second kappa shape index (κ2) is 6.14. The third-order valence-electron chi connectivity index (χ3n) is 3.61. The normalized spacial score (nSPS) is 12.4. The minimum absolute atomic E-state index is 0.185. The monoisotopic (exact) mass is 275 g/mol. The van der Waals surface area contributed by atoms with E-state index in [9.17, 15) is 8.78 Å². The number of rotatable bonds is 4. The van der Waals surface area contributed by atoms with E-state index in [-0.39, 0.29) is 6.04 Å². The number of aryl methyl sites for hydroxylation is 2. The van der Waals surface area contributed by atoms with Gasteiger partial charge in [0.05, 0.1) is 0 Å². The van der Waals surface area contributed by atoms with Crippen LogP contribution in [-0.2, 0) is 12.8 Å². The molecule has 1 unspecified atom stereocenters. The molecule has 106 valence electrons. The molecule has 2 aromatic rings. The molecule has 0 bridgehead atoms. The van der Waals surface area contributed by atoms with Gasteiger partial charge in [-0.1, -0.05) is 24.3 Å². The molecule has 0 saturated heterocycles. The Bertz CT molecular complexity index is 588. The molecule has 0 radical (unpaired) electrons. The summed E-state index contributed by atoms with van der Waals surface area (Å²) in [5.74, 6) is -1.09. The first kappa shape index (κ1) is 14.7. The molecule has 0 aliphatic heterocycles. The maximum absolute atomic E-state index is 13.6. The molecule has 0 aliphatic rings. The second-order valence-electron chi connectivity index (χ2n) is 5.27. The van der Waals surface area contributed by atoms with E-state index in [0.717, 1.165) is 6.07 Å². The predicted octanol–water partition coefficient (Wildman–Crippen LogP) is 3.69. The van der Waals surface area contributed by atoms with E-state index in [1.165, 1.54) is 28.8 Å². The van der Waals surface area contributed by atoms with Gasteiger partial charge in [-0.3, -0.25) is 0 Å². The zero-order chi connectivity index (χ0) is 14.7. The van der Waals surface area contributed by atoms with Crippen LogP contribution in [-0.4, -0.2) is 6.04 Å². The molecule has 0 aromatic heterocycles. The Morgan fingerprint density at radius 3 is 2.25 bits per heavy atom. The highest BCUT2D eigenvalue weighted by atomic mass is 19.1. The number of hydrogen-bond donors (Lipinski definition) is 1. The lowest BCUT2D eigenvalue weighted by atomic mass is 9.93. The van der Waals surface area contributed by atoms with Gasteiger partial charge in [0.1, 0.15) is 11.6 Å². The van der Waals surface area contributed by atoms with Crippen LogP contribution in [0.15, 0.2) is 36.4 Å². The average Bonchev–Trinajstić information content (AvgIpc) is 2.37. The van der Waals surface area contributed by atoms with Gasteiger partial charge in [0.25, 0.3) is 0 Å². The van der Waals surface area contributed by atoms with Crippen molar-refractivity contribution in [1.29, 1.82) is 0 Å². The van der Waals surface area contributed by atoms with Crippen LogP contribution in [0.3, 0.4) is 0 Å². The summed E-state index contributed by atoms with van der Waals surface area (Å²) in [4.78, 5) is 0. The minimum atomic E-state index is -0.561. The standard InChI is InChI=1S/C17H19F2N/c1-11-4-3-5-12(2)16(11)10-15(20)8-13-6-7-14(18)9-17(13)19/h3-7,9,15H,8,10,20H2,1-2H3. The lowest BCUT2D eigenvalue weighted by molar-refractivity contribution is 0.558. The second-order valence-corrected chi connectivity index (χ2v) is 5.27. The zero-order valence-electron chi connectivity index (χ0n) is 11.8. The van der Waals surface area contributed by atoms with Crippen LogP contribution in [0.1, 0.15) is 22.3 Å². The van der Waals surface area contributed by atoms with E-state index in [1.54, 1.807) is 0 Å². The van der Waals surface area contributed by atoms with Crippen molar-refractivity contribution in [2.75, 3.05) is 0 Å². The van der Waals surface area contributed by atoms with Crippen molar-refractivity contribution in [2.24, 2.45) is 5.73 Å². The molecular formula is C17H19F2N. The van der Waals surface area contributed by atoms with Crippen LogP contribution in [0.2, 0.25) is 0 Å². The molecule has 2 rings (SSSR count). The Morgan fingerprint density at radius 2 is 1.65 bits per heavy atom. The van der Waals surface area contributed by atoms with Crippen molar-refractivity contribution in [3.8, 4) is 0 Å². The number of halogens is 2. The first-order chi connectivity index (χ1) is 9.47. The quantitative estimate of drug-likeness (QED) is 0.904. The highest BCUT2D eigenvalue weighted by Gasteiger charge is 2.12. The lowest BCUT2D eigenvalue weighted by Crippen LogP contribution is -2.26. The maximum Gasteiger partial charge on any atom is 0.129 e. The smallest absolute Gasteiger partial charge is 0.129 e. The van der Waals surface area contributed by atoms with Crippen molar-refractivity contribution in [3.63, 3.8) is 0 Å². The fourth-order valence-electron chi connectivity index (χ4n) is 2.48. The summed E-state index contributed by atoms with van der Waals surface area (Å²) < 4.78 is 26.5. The van der Waals surface area contributed by atoms with Gasteiger partial charge in [-0.2, -0.15) is 0 Å². The van der Waals surface area contributed by atoms with Gasteiger partial charge < -0.3 is 5.73 Å². The molecule has 2 N–H and O–H groups in total. The molecule has 0 amide bonds. The number of hydrogen-bond acceptors (Lipinski definition) is 1. The summed E-state index contributed by atoms with van der Waals surface area (Å²) in [5.41, 5.74) is 10.2. The van der Waals surface area contributed by atoms with Gasteiger partial charge in [-0.15, -0.1) is 0 Å². The van der Waals surface area contributed by atoms with Crippen molar-refractivity contribution in [3.05, 3.63) is 70.3 Å². The van der Waals surface area contributed by atoms with Gasteiger partial charge >= 0.3 is 0 Å². The van der Waals surface area contributed by atoms with Crippen LogP contribution in [0, 0.1) is 25.5 Å². The largest absolute Gasteiger partial charge is 0.327 e. The summed E-state index contributed by atoms with van der Waals surface area (Å²) in [6.07, 6.45) is 1.09. The molecule has 0 heterocycles. The van der Waals surface area contributed by atoms with E-state index >= 15 is 0 Å². The molecule has 0 fully saturated rings. The zero-order valence-corrected chi connectivity index (χ0v) is 11.8. The molecule has 3 heteroatoms. The topological polar surface area (TPSA) is 26.0 Å². The van der Waals surface area contributed by atoms with Gasteiger partial charge in [0.2, 0.25) is 0 Å². The molecule has 20 heavy (non-hydrogen) atoms. The molecule has 2 aromatic carbocycles. The molecule has 0 saturated carbocycles. The van der Waals surface area contributed by atoms with E-state index in [0.29, 0.717) is 18.4 Å². The SMILES string of the molecule is Cc1cccc(C)c1CC(N)Cc1ccc(F)cc1F. The van der Waals surface area contributed by atoms with Crippen LogP contribution in [0.4, 0.5) is 8.78 Å². The van der Waals surface area contributed by atoms with E-state index in [2.05, 4.69) is 0 Å². The van der Waals surface area contributed by atoms with Crippen LogP contribution >= 0.6 is 0 Å². The fraction of sp³-hybridized carbons (Fsp3) is 0.294. The van der Waals surface area contributed by atoms with Crippen molar-refractivity contribution in [1.82, 2.24) is 0 Å². The first-order valence-corrected chi connectivity index (χ1v) is 6.72. The third-order valence-corrected chi connectivity index (χ3v) is 3.61.